The predicted molar refractivity (Wildman–Crippen MR) is 306 cm³/mol. The quantitative estimate of drug-likeness (QED) is 0.0951. The molecule has 330 valence electrons. The summed E-state index contributed by atoms with van der Waals surface area (Å²) in [4.78, 5) is 0. The topological polar surface area (TPSA) is 4.93 Å². The van der Waals surface area contributed by atoms with E-state index >= 15 is 0 Å². The van der Waals surface area contributed by atoms with E-state index in [1.54, 1.807) is 0 Å². The molecule has 11 aromatic carbocycles. The predicted octanol–water partition coefficient (Wildman–Crippen LogP) is 11.6. The van der Waals surface area contributed by atoms with E-state index in [0.29, 0.717) is 0 Å². The van der Waals surface area contributed by atoms with E-state index in [4.69, 9.17) is 0 Å². The smallest absolute Gasteiger partial charge is 0.179 e. The number of hydrogen-bond donors (Lipinski definition) is 0. The van der Waals surface area contributed by atoms with Crippen LogP contribution < -0.4 is 41.5 Å². The van der Waals surface area contributed by atoms with E-state index in [9.17, 15) is 0 Å². The first-order valence-electron chi connectivity index (χ1n) is 24.2. The molecule has 4 heteroatoms. The van der Waals surface area contributed by atoms with Crippen molar-refractivity contribution >= 4 is 111 Å². The molecule has 13 rings (SSSR count). The number of hydrogen-bond acceptors (Lipinski definition) is 1. The van der Waals surface area contributed by atoms with Crippen LogP contribution in [0, 0.1) is 0 Å². The molecule has 0 aliphatic carbocycles. The number of fused-ring (bicyclic) bond motifs is 6. The van der Waals surface area contributed by atoms with E-state index in [-0.39, 0.29) is 0 Å². The molecule has 70 heavy (non-hydrogen) atoms. The summed E-state index contributed by atoms with van der Waals surface area (Å²) in [6.45, 7) is 0. The number of rotatable bonds is 10. The molecule has 0 aliphatic heterocycles. The molecule has 0 N–H and O–H groups in total. The van der Waals surface area contributed by atoms with Crippen molar-refractivity contribution < 1.29 is 0 Å². The Bertz CT molecular complexity index is 3640. The molecule has 0 amide bonds. The minimum absolute atomic E-state index is 1.16. The Morgan fingerprint density at radius 3 is 1.07 bits per heavy atom. The van der Waals surface area contributed by atoms with Gasteiger partial charge >= 0.3 is 0 Å². The molecule has 0 bridgehead atoms. The number of thiophene rings is 1. The zero-order valence-electron chi connectivity index (χ0n) is 38.5. The molecule has 1 nitrogen and oxygen atoms in total. The van der Waals surface area contributed by atoms with Gasteiger partial charge < -0.3 is 4.57 Å². The van der Waals surface area contributed by atoms with E-state index in [2.05, 4.69) is 290 Å². The first-order chi connectivity index (χ1) is 34.7. The van der Waals surface area contributed by atoms with Crippen molar-refractivity contribution in [1.82, 2.24) is 4.57 Å². The third-order valence-electron chi connectivity index (χ3n) is 14.7. The SMILES string of the molecule is c1ccc([Si](c2ccccc2)(c2ccccc2)c2cc(-n3c4ccccc4c4cc(-c5ccc6sc7ccccc7c6c5)ccc43)cc([Si](c3ccccc3)(c3ccccc3)c3ccccc3)c2)cc1. The van der Waals surface area contributed by atoms with Crippen LogP contribution >= 0.6 is 11.3 Å². The number of para-hydroxylation sites is 1. The van der Waals surface area contributed by atoms with Crippen LogP contribution in [0.5, 0.6) is 0 Å². The van der Waals surface area contributed by atoms with Crippen LogP contribution in [0.25, 0.3) is 58.8 Å². The highest BCUT2D eigenvalue weighted by molar-refractivity contribution is 7.26. The van der Waals surface area contributed by atoms with Crippen molar-refractivity contribution in [3.8, 4) is 16.8 Å². The van der Waals surface area contributed by atoms with Gasteiger partial charge in [-0.15, -0.1) is 11.3 Å². The van der Waals surface area contributed by atoms with Gasteiger partial charge in [0, 0.05) is 36.6 Å². The third-order valence-corrected chi connectivity index (χ3v) is 25.3. The van der Waals surface area contributed by atoms with Gasteiger partial charge in [-0.3, -0.25) is 0 Å². The van der Waals surface area contributed by atoms with Crippen LogP contribution in [0.2, 0.25) is 0 Å². The van der Waals surface area contributed by atoms with E-state index in [1.165, 1.54) is 94.6 Å². The summed E-state index contributed by atoms with van der Waals surface area (Å²) in [7, 11) is -6.14. The lowest BCUT2D eigenvalue weighted by atomic mass is 10.0. The Kier molecular flexibility index (Phi) is 10.5. The Balaban J connectivity index is 1.16. The summed E-state index contributed by atoms with van der Waals surface area (Å²) >= 11 is 1.87. The maximum atomic E-state index is 2.65. The standard InChI is InChI=1S/C66H47NSSi2/c1-7-23-51(24-8-1)69(52-25-9-2-10-26-52,53-27-11-3-12-28-53)57-45-50(46-58(47-57)70(54-29-13-4-14-30-54,55-31-15-5-16-32-55)56-33-17-6-18-34-56)67-63-37-21-19-35-59(63)61-43-48(39-41-64(61)67)49-40-42-66-62(44-49)60-36-20-22-38-65(60)68-66/h1-47H. The molecule has 0 saturated heterocycles. The molecule has 13 aromatic rings. The van der Waals surface area contributed by atoms with Crippen molar-refractivity contribution in [3.05, 3.63) is 285 Å². The zero-order chi connectivity index (χ0) is 46.5. The van der Waals surface area contributed by atoms with Crippen LogP contribution in [0.3, 0.4) is 0 Å². The first kappa shape index (κ1) is 42.0. The summed E-state index contributed by atoms with van der Waals surface area (Å²) in [6.07, 6.45) is 0. The Morgan fingerprint density at radius 1 is 0.243 bits per heavy atom. The summed E-state index contributed by atoms with van der Waals surface area (Å²) in [5, 5.41) is 15.9. The molecular formula is C66H47NSSi2. The van der Waals surface area contributed by atoms with Gasteiger partial charge in [0.1, 0.15) is 0 Å². The molecule has 0 radical (unpaired) electrons. The van der Waals surface area contributed by atoms with Crippen LogP contribution in [-0.2, 0) is 0 Å². The van der Waals surface area contributed by atoms with E-state index in [0.717, 1.165) is 5.69 Å². The van der Waals surface area contributed by atoms with Crippen molar-refractivity contribution in [2.24, 2.45) is 0 Å². The fourth-order valence-electron chi connectivity index (χ4n) is 11.6. The fraction of sp³-hybridized carbons (Fsp3) is 0. The molecule has 0 unspecified atom stereocenters. The van der Waals surface area contributed by atoms with Gasteiger partial charge in [0.2, 0.25) is 0 Å². The summed E-state index contributed by atoms with van der Waals surface area (Å²) in [5.41, 5.74) is 5.99. The lowest BCUT2D eigenvalue weighted by Crippen LogP contribution is -2.78. The molecule has 0 spiro atoms. The third kappa shape index (κ3) is 6.71. The number of benzene rings is 11. The fourth-order valence-corrected chi connectivity index (χ4v) is 22.5. The normalized spacial score (nSPS) is 12.0. The molecular weight excluding hydrogens is 895 g/mol. The van der Waals surface area contributed by atoms with Crippen molar-refractivity contribution in [2.75, 3.05) is 0 Å². The van der Waals surface area contributed by atoms with E-state index in [1.807, 2.05) is 11.3 Å². The average Bonchev–Trinajstić information content (AvgIpc) is 3.98. The van der Waals surface area contributed by atoms with Crippen LogP contribution in [-0.4, -0.2) is 20.7 Å². The second-order valence-electron chi connectivity index (χ2n) is 18.4. The van der Waals surface area contributed by atoms with Crippen molar-refractivity contribution in [1.29, 1.82) is 0 Å². The minimum atomic E-state index is -3.07. The molecule has 0 aliphatic rings. The van der Waals surface area contributed by atoms with Crippen LogP contribution in [0.15, 0.2) is 285 Å². The second kappa shape index (κ2) is 17.4. The Labute approximate surface area is 414 Å². The molecule has 0 fully saturated rings. The second-order valence-corrected chi connectivity index (χ2v) is 27.1. The Morgan fingerprint density at radius 2 is 0.600 bits per heavy atom. The number of aromatic nitrogens is 1. The lowest BCUT2D eigenvalue weighted by molar-refractivity contribution is 1.19. The van der Waals surface area contributed by atoms with Crippen molar-refractivity contribution in [3.63, 3.8) is 0 Å². The van der Waals surface area contributed by atoms with E-state index < -0.39 is 16.1 Å². The monoisotopic (exact) mass is 941 g/mol. The zero-order valence-corrected chi connectivity index (χ0v) is 41.3. The van der Waals surface area contributed by atoms with Gasteiger partial charge in [0.25, 0.3) is 0 Å². The molecule has 0 atom stereocenters. The molecule has 0 saturated carbocycles. The average molecular weight is 942 g/mol. The highest BCUT2D eigenvalue weighted by Crippen LogP contribution is 2.39. The summed E-state index contributed by atoms with van der Waals surface area (Å²) in [6, 6.07) is 108. The first-order valence-corrected chi connectivity index (χ1v) is 29.0. The largest absolute Gasteiger partial charge is 0.309 e. The Hall–Kier alpha value is -8.13. The van der Waals surface area contributed by atoms with Crippen molar-refractivity contribution in [2.45, 2.75) is 0 Å². The van der Waals surface area contributed by atoms with Gasteiger partial charge in [-0.05, 0) is 101 Å². The van der Waals surface area contributed by atoms with Crippen LogP contribution in [0.4, 0.5) is 0 Å². The highest BCUT2D eigenvalue weighted by atomic mass is 32.1. The van der Waals surface area contributed by atoms with Gasteiger partial charge in [-0.1, -0.05) is 237 Å². The highest BCUT2D eigenvalue weighted by Gasteiger charge is 2.46. The van der Waals surface area contributed by atoms with Crippen LogP contribution in [0.1, 0.15) is 0 Å². The maximum Gasteiger partial charge on any atom is 0.179 e. The maximum absolute atomic E-state index is 3.07. The van der Waals surface area contributed by atoms with Gasteiger partial charge in [-0.2, -0.15) is 0 Å². The lowest BCUT2D eigenvalue weighted by Gasteiger charge is -2.38. The summed E-state index contributed by atoms with van der Waals surface area (Å²) < 4.78 is 5.21. The van der Waals surface area contributed by atoms with Gasteiger partial charge in [-0.25, -0.2) is 0 Å². The molecule has 2 aromatic heterocycles. The molecule has 2 heterocycles. The number of nitrogens with zero attached hydrogens (tertiary/aromatic N) is 1. The summed E-state index contributed by atoms with van der Waals surface area (Å²) in [5.74, 6) is 0. The van der Waals surface area contributed by atoms with Gasteiger partial charge in [0.05, 0.1) is 11.0 Å². The van der Waals surface area contributed by atoms with Gasteiger partial charge in [0.15, 0.2) is 16.1 Å². The minimum Gasteiger partial charge on any atom is -0.309 e.